The summed E-state index contributed by atoms with van der Waals surface area (Å²) < 4.78 is 6.15. The maximum Gasteiger partial charge on any atom is 0.219 e. The first-order chi connectivity index (χ1) is 5.33. The highest BCUT2D eigenvalue weighted by atomic mass is 127. The normalized spacial score (nSPS) is 11.1. The van der Waals surface area contributed by atoms with E-state index in [0.29, 0.717) is 5.89 Å². The van der Waals surface area contributed by atoms with Crippen molar-refractivity contribution in [2.75, 3.05) is 3.76 Å². The first-order valence-corrected chi connectivity index (χ1v) is 5.66. The highest BCUT2D eigenvalue weighted by Gasteiger charge is 1.92. The lowest BCUT2D eigenvalue weighted by Crippen LogP contribution is -1.70. The van der Waals surface area contributed by atoms with E-state index in [9.17, 15) is 0 Å². The van der Waals surface area contributed by atoms with Crippen molar-refractivity contribution in [3.05, 3.63) is 23.3 Å². The third kappa shape index (κ3) is 3.29. The summed E-state index contributed by atoms with van der Waals surface area (Å²) >= 11 is 4.01. The minimum absolute atomic E-state index is 0.680. The molecule has 1 rings (SSSR count). The lowest BCUT2D eigenvalue weighted by atomic mass is 10.6. The zero-order valence-electron chi connectivity index (χ0n) is 6.08. The Kier molecular flexibility index (Phi) is 3.99. The molecule has 0 fully saturated rings. The summed E-state index contributed by atoms with van der Waals surface area (Å²) in [5, 5.41) is 1.98. The highest BCUT2D eigenvalue weighted by molar-refractivity contribution is 14.1. The molecule has 0 unspecified atom stereocenters. The molecule has 1 heterocycles. The Morgan fingerprint density at radius 2 is 2.64 bits per heavy atom. The van der Waals surface area contributed by atoms with E-state index in [1.807, 2.05) is 18.4 Å². The summed E-state index contributed by atoms with van der Waals surface area (Å²) in [6.45, 7) is 1.91. The molecule has 0 aliphatic rings. The van der Waals surface area contributed by atoms with Gasteiger partial charge in [0.2, 0.25) is 5.89 Å². The maximum atomic E-state index is 5.10. The van der Waals surface area contributed by atoms with Crippen LogP contribution in [0.15, 0.2) is 16.1 Å². The fourth-order valence-electron chi connectivity index (χ4n) is 0.591. The fraction of sp³-hybridized carbons (Fsp3) is 0.286. The highest BCUT2D eigenvalue weighted by Crippen LogP contribution is 2.10. The Labute approximate surface area is 83.6 Å². The van der Waals surface area contributed by atoms with Gasteiger partial charge in [-0.25, -0.2) is 4.98 Å². The second-order valence-electron chi connectivity index (χ2n) is 1.91. The molecule has 0 radical (unpaired) electrons. The van der Waals surface area contributed by atoms with Gasteiger partial charge in [0.25, 0.3) is 0 Å². The number of hydrogen-bond acceptors (Lipinski definition) is 3. The largest absolute Gasteiger partial charge is 0.445 e. The quantitative estimate of drug-likeness (QED) is 0.629. The van der Waals surface area contributed by atoms with Crippen LogP contribution < -0.4 is 0 Å². The number of nitrogens with zero attached hydrogens (tertiary/aromatic N) is 1. The molecule has 0 saturated heterocycles. The first kappa shape index (κ1) is 9.12. The van der Waals surface area contributed by atoms with Gasteiger partial charge < -0.3 is 4.42 Å². The average molecular weight is 281 g/mol. The number of oxazole rings is 1. The van der Waals surface area contributed by atoms with Crippen LogP contribution in [-0.4, -0.2) is 8.74 Å². The third-order valence-corrected chi connectivity index (χ3v) is 2.54. The molecule has 0 aliphatic carbocycles. The number of aromatic nitrogens is 1. The molecule has 0 aromatic carbocycles. The van der Waals surface area contributed by atoms with Gasteiger partial charge in [0.1, 0.15) is 6.26 Å². The average Bonchev–Trinajstić information content (AvgIpc) is 2.37. The molecule has 0 bridgehead atoms. The Hall–Kier alpha value is 0.0300. The lowest BCUT2D eigenvalue weighted by Gasteiger charge is -1.81. The summed E-state index contributed by atoms with van der Waals surface area (Å²) in [5.41, 5.74) is 0.920. The van der Waals surface area contributed by atoms with Crippen LogP contribution in [0.3, 0.4) is 0 Å². The van der Waals surface area contributed by atoms with Crippen molar-refractivity contribution in [1.29, 1.82) is 0 Å². The molecule has 0 atom stereocenters. The van der Waals surface area contributed by atoms with Crippen molar-refractivity contribution in [3.63, 3.8) is 0 Å². The number of rotatable bonds is 3. The van der Waals surface area contributed by atoms with E-state index in [1.165, 1.54) is 0 Å². The number of thioether (sulfide) groups is 1. The van der Waals surface area contributed by atoms with Gasteiger partial charge in [-0.15, -0.1) is 11.8 Å². The van der Waals surface area contributed by atoms with Gasteiger partial charge in [0.15, 0.2) is 0 Å². The van der Waals surface area contributed by atoms with Gasteiger partial charge in [0, 0.05) is 9.84 Å². The molecule has 1 aromatic rings. The van der Waals surface area contributed by atoms with Gasteiger partial charge in [0.05, 0.1) is 5.69 Å². The summed E-state index contributed by atoms with van der Waals surface area (Å²) in [6.07, 6.45) is 3.52. The minimum atomic E-state index is 0.680. The summed E-state index contributed by atoms with van der Waals surface area (Å²) in [7, 11) is 0. The van der Waals surface area contributed by atoms with Crippen molar-refractivity contribution in [2.24, 2.45) is 0 Å². The fourth-order valence-corrected chi connectivity index (χ4v) is 1.50. The number of alkyl halides is 1. The summed E-state index contributed by atoms with van der Waals surface area (Å²) in [5.74, 6) is 0.680. The number of halogens is 1. The van der Waals surface area contributed by atoms with Crippen molar-refractivity contribution in [2.45, 2.75) is 6.92 Å². The monoisotopic (exact) mass is 281 g/mol. The molecule has 60 valence electrons. The van der Waals surface area contributed by atoms with Crippen LogP contribution in [0.25, 0.3) is 6.08 Å². The molecule has 0 aliphatic heterocycles. The van der Waals surface area contributed by atoms with Gasteiger partial charge in [-0.2, -0.15) is 0 Å². The smallest absolute Gasteiger partial charge is 0.219 e. The minimum Gasteiger partial charge on any atom is -0.445 e. The Morgan fingerprint density at radius 3 is 3.18 bits per heavy atom. The summed E-state index contributed by atoms with van der Waals surface area (Å²) in [4.78, 5) is 4.11. The zero-order chi connectivity index (χ0) is 8.10. The van der Waals surface area contributed by atoms with E-state index >= 15 is 0 Å². The van der Waals surface area contributed by atoms with Gasteiger partial charge in [-0.1, -0.05) is 22.6 Å². The van der Waals surface area contributed by atoms with Crippen molar-refractivity contribution >= 4 is 40.4 Å². The van der Waals surface area contributed by atoms with Crippen molar-refractivity contribution in [1.82, 2.24) is 4.98 Å². The summed E-state index contributed by atoms with van der Waals surface area (Å²) in [6, 6.07) is 0. The van der Waals surface area contributed by atoms with E-state index < -0.39 is 0 Å². The molecule has 0 N–H and O–H groups in total. The van der Waals surface area contributed by atoms with Gasteiger partial charge >= 0.3 is 0 Å². The Balaban J connectivity index is 2.50. The first-order valence-electron chi connectivity index (χ1n) is 3.09. The molecule has 0 amide bonds. The van der Waals surface area contributed by atoms with E-state index in [4.69, 9.17) is 4.42 Å². The molecule has 4 heteroatoms. The maximum absolute atomic E-state index is 5.10. The van der Waals surface area contributed by atoms with Crippen LogP contribution in [0.5, 0.6) is 0 Å². The number of hydrogen-bond donors (Lipinski definition) is 0. The van der Waals surface area contributed by atoms with Crippen LogP contribution in [0.1, 0.15) is 11.6 Å². The van der Waals surface area contributed by atoms with Crippen molar-refractivity contribution < 1.29 is 4.42 Å². The van der Waals surface area contributed by atoms with E-state index in [0.717, 1.165) is 9.45 Å². The van der Waals surface area contributed by atoms with Crippen LogP contribution in [0.2, 0.25) is 0 Å². The van der Waals surface area contributed by atoms with Crippen molar-refractivity contribution in [3.8, 4) is 0 Å². The van der Waals surface area contributed by atoms with Gasteiger partial charge in [-0.05, 0) is 12.3 Å². The van der Waals surface area contributed by atoms with Gasteiger partial charge in [-0.3, -0.25) is 0 Å². The number of aryl methyl sites for hydroxylation is 1. The standard InChI is InChI=1S/C7H8INOS/c1-6-4-10-7(9-6)2-3-11-5-8/h2-4H,5H2,1H3. The van der Waals surface area contributed by atoms with E-state index in [1.54, 1.807) is 18.0 Å². The Morgan fingerprint density at radius 1 is 1.82 bits per heavy atom. The second kappa shape index (κ2) is 4.82. The van der Waals surface area contributed by atoms with Crippen LogP contribution in [-0.2, 0) is 0 Å². The molecular weight excluding hydrogens is 273 g/mol. The topological polar surface area (TPSA) is 26.0 Å². The molecule has 11 heavy (non-hydrogen) atoms. The van der Waals surface area contributed by atoms with E-state index in [2.05, 4.69) is 27.6 Å². The van der Waals surface area contributed by atoms with E-state index in [-0.39, 0.29) is 0 Å². The third-order valence-electron chi connectivity index (χ3n) is 1.01. The predicted molar refractivity (Wildman–Crippen MR) is 56.8 cm³/mol. The molecule has 1 aromatic heterocycles. The van der Waals surface area contributed by atoms with Crippen LogP contribution in [0, 0.1) is 6.92 Å². The molecule has 0 spiro atoms. The second-order valence-corrected chi connectivity index (χ2v) is 4.60. The van der Waals surface area contributed by atoms with Crippen LogP contribution in [0.4, 0.5) is 0 Å². The predicted octanol–water partition coefficient (Wildman–Crippen LogP) is 3.08. The molecular formula is C7H8INOS. The Bertz CT molecular complexity index is 246. The SMILES string of the molecule is Cc1coc(C=CSCI)n1. The molecule has 0 saturated carbocycles. The molecule has 2 nitrogen and oxygen atoms in total. The van der Waals surface area contributed by atoms with Crippen LogP contribution >= 0.6 is 34.4 Å². The lowest BCUT2D eigenvalue weighted by molar-refractivity contribution is 0.546. The zero-order valence-corrected chi connectivity index (χ0v) is 9.05.